The van der Waals surface area contributed by atoms with E-state index in [4.69, 9.17) is 5.73 Å². The van der Waals surface area contributed by atoms with E-state index in [1.807, 2.05) is 18.2 Å². The van der Waals surface area contributed by atoms with Crippen molar-refractivity contribution in [2.75, 3.05) is 37.2 Å². The molecule has 1 aromatic heterocycles. The van der Waals surface area contributed by atoms with Crippen molar-refractivity contribution < 1.29 is 0 Å². The summed E-state index contributed by atoms with van der Waals surface area (Å²) in [7, 11) is 0. The third-order valence-corrected chi connectivity index (χ3v) is 4.29. The summed E-state index contributed by atoms with van der Waals surface area (Å²) in [6, 6.07) is 5.86. The van der Waals surface area contributed by atoms with Crippen molar-refractivity contribution in [3.05, 3.63) is 18.2 Å². The zero-order valence-electron chi connectivity index (χ0n) is 10.4. The fraction of sp³-hybridized carbons (Fsp3) is 0.462. The molecule has 3 rings (SSSR count). The average molecular weight is 262 g/mol. The van der Waals surface area contributed by atoms with Crippen LogP contribution >= 0.6 is 11.3 Å². The van der Waals surface area contributed by atoms with Crippen LogP contribution < -0.4 is 11.1 Å². The molecule has 0 aliphatic carbocycles. The van der Waals surface area contributed by atoms with Crippen LogP contribution in [-0.4, -0.2) is 36.1 Å². The first-order chi connectivity index (χ1) is 8.81. The summed E-state index contributed by atoms with van der Waals surface area (Å²) in [4.78, 5) is 7.05. The van der Waals surface area contributed by atoms with Crippen LogP contribution in [0.5, 0.6) is 0 Å². The number of rotatable bonds is 4. The highest BCUT2D eigenvalue weighted by molar-refractivity contribution is 7.22. The van der Waals surface area contributed by atoms with Crippen LogP contribution in [0.4, 0.5) is 10.8 Å². The number of hydrogen-bond donors (Lipinski definition) is 2. The van der Waals surface area contributed by atoms with Crippen LogP contribution in [0, 0.1) is 0 Å². The number of aromatic nitrogens is 1. The Morgan fingerprint density at radius 3 is 3.00 bits per heavy atom. The highest BCUT2D eigenvalue weighted by Crippen LogP contribution is 2.27. The van der Waals surface area contributed by atoms with Crippen LogP contribution in [0.2, 0.25) is 0 Å². The van der Waals surface area contributed by atoms with Gasteiger partial charge in [-0.1, -0.05) is 11.3 Å². The molecule has 18 heavy (non-hydrogen) atoms. The maximum atomic E-state index is 5.77. The summed E-state index contributed by atoms with van der Waals surface area (Å²) >= 11 is 1.67. The predicted molar refractivity (Wildman–Crippen MR) is 78.2 cm³/mol. The van der Waals surface area contributed by atoms with Crippen LogP contribution in [-0.2, 0) is 0 Å². The minimum absolute atomic E-state index is 0.801. The minimum Gasteiger partial charge on any atom is -0.399 e. The number of nitrogens with zero attached hydrogens (tertiary/aromatic N) is 2. The van der Waals surface area contributed by atoms with Gasteiger partial charge in [0.25, 0.3) is 0 Å². The van der Waals surface area contributed by atoms with Gasteiger partial charge in [-0.2, -0.15) is 0 Å². The van der Waals surface area contributed by atoms with Gasteiger partial charge in [0.2, 0.25) is 0 Å². The summed E-state index contributed by atoms with van der Waals surface area (Å²) in [5, 5.41) is 4.40. The SMILES string of the molecule is Nc1ccc2nc(NCCN3CCCC3)sc2c1. The van der Waals surface area contributed by atoms with E-state index < -0.39 is 0 Å². The zero-order valence-corrected chi connectivity index (χ0v) is 11.2. The molecule has 0 saturated carbocycles. The Morgan fingerprint density at radius 2 is 2.17 bits per heavy atom. The first-order valence-electron chi connectivity index (χ1n) is 6.43. The molecule has 0 amide bonds. The van der Waals surface area contributed by atoms with Crippen molar-refractivity contribution in [3.63, 3.8) is 0 Å². The molecule has 1 aliphatic heterocycles. The quantitative estimate of drug-likeness (QED) is 0.831. The number of hydrogen-bond acceptors (Lipinski definition) is 5. The fourth-order valence-corrected chi connectivity index (χ4v) is 3.28. The van der Waals surface area contributed by atoms with Crippen LogP contribution in [0.25, 0.3) is 10.2 Å². The largest absolute Gasteiger partial charge is 0.399 e. The Bertz CT molecular complexity index is 531. The third-order valence-electron chi connectivity index (χ3n) is 3.32. The maximum Gasteiger partial charge on any atom is 0.183 e. The van der Waals surface area contributed by atoms with Gasteiger partial charge in [0.1, 0.15) is 0 Å². The molecule has 5 heteroatoms. The Labute approximate surface area is 111 Å². The average Bonchev–Trinajstić information content (AvgIpc) is 2.97. The molecule has 2 heterocycles. The Morgan fingerprint density at radius 1 is 1.33 bits per heavy atom. The van der Waals surface area contributed by atoms with E-state index in [0.29, 0.717) is 0 Å². The predicted octanol–water partition coefficient (Wildman–Crippen LogP) is 2.39. The summed E-state index contributed by atoms with van der Waals surface area (Å²) in [6.45, 7) is 4.57. The van der Waals surface area contributed by atoms with Crippen molar-refractivity contribution >= 4 is 32.4 Å². The molecule has 2 aromatic rings. The number of fused-ring (bicyclic) bond motifs is 1. The van der Waals surface area contributed by atoms with Gasteiger partial charge in [0, 0.05) is 18.8 Å². The zero-order chi connectivity index (χ0) is 12.4. The van der Waals surface area contributed by atoms with Crippen LogP contribution in [0.1, 0.15) is 12.8 Å². The normalized spacial score (nSPS) is 16.4. The minimum atomic E-state index is 0.801. The Kier molecular flexibility index (Phi) is 3.34. The molecule has 1 aromatic carbocycles. The summed E-state index contributed by atoms with van der Waals surface area (Å²) in [5.74, 6) is 0. The van der Waals surface area contributed by atoms with E-state index in [0.717, 1.165) is 34.1 Å². The van der Waals surface area contributed by atoms with E-state index in [9.17, 15) is 0 Å². The lowest BCUT2D eigenvalue weighted by molar-refractivity contribution is 0.352. The summed E-state index contributed by atoms with van der Waals surface area (Å²) in [5.41, 5.74) is 7.59. The molecule has 96 valence electrons. The number of anilines is 2. The summed E-state index contributed by atoms with van der Waals surface area (Å²) < 4.78 is 1.15. The summed E-state index contributed by atoms with van der Waals surface area (Å²) in [6.07, 6.45) is 2.70. The van der Waals surface area contributed by atoms with Crippen molar-refractivity contribution in [3.8, 4) is 0 Å². The second-order valence-corrected chi connectivity index (χ2v) is 5.75. The highest BCUT2D eigenvalue weighted by atomic mass is 32.1. The van der Waals surface area contributed by atoms with Crippen molar-refractivity contribution in [2.45, 2.75) is 12.8 Å². The van der Waals surface area contributed by atoms with Gasteiger partial charge in [-0.15, -0.1) is 0 Å². The van der Waals surface area contributed by atoms with Gasteiger partial charge in [-0.25, -0.2) is 4.98 Å². The molecule has 0 bridgehead atoms. The molecule has 0 unspecified atom stereocenters. The lowest BCUT2D eigenvalue weighted by Gasteiger charge is -2.13. The molecule has 0 spiro atoms. The van der Waals surface area contributed by atoms with Gasteiger partial charge in [-0.05, 0) is 44.1 Å². The van der Waals surface area contributed by atoms with Gasteiger partial charge >= 0.3 is 0 Å². The van der Waals surface area contributed by atoms with E-state index in [1.54, 1.807) is 11.3 Å². The second kappa shape index (κ2) is 5.12. The monoisotopic (exact) mass is 262 g/mol. The highest BCUT2D eigenvalue weighted by Gasteiger charge is 2.10. The second-order valence-electron chi connectivity index (χ2n) is 4.72. The fourth-order valence-electron chi connectivity index (χ4n) is 2.34. The molecule has 0 radical (unpaired) electrons. The van der Waals surface area contributed by atoms with Gasteiger partial charge < -0.3 is 16.0 Å². The van der Waals surface area contributed by atoms with Crippen molar-refractivity contribution in [2.24, 2.45) is 0 Å². The lowest BCUT2D eigenvalue weighted by atomic mass is 10.3. The number of benzene rings is 1. The lowest BCUT2D eigenvalue weighted by Crippen LogP contribution is -2.25. The van der Waals surface area contributed by atoms with Gasteiger partial charge in [0.15, 0.2) is 5.13 Å². The van der Waals surface area contributed by atoms with E-state index in [2.05, 4.69) is 15.2 Å². The Balaban J connectivity index is 1.60. The number of nitrogens with two attached hydrogens (primary N) is 1. The molecular formula is C13H18N4S. The van der Waals surface area contributed by atoms with Crippen molar-refractivity contribution in [1.82, 2.24) is 9.88 Å². The molecule has 1 aliphatic rings. The molecule has 1 saturated heterocycles. The number of nitrogen functional groups attached to an aromatic ring is 1. The first-order valence-corrected chi connectivity index (χ1v) is 7.25. The van der Waals surface area contributed by atoms with Crippen LogP contribution in [0.3, 0.4) is 0 Å². The molecule has 3 N–H and O–H groups in total. The number of thiazole rings is 1. The standard InChI is InChI=1S/C13H18N4S/c14-10-3-4-11-12(9-10)18-13(16-11)15-5-8-17-6-1-2-7-17/h3-4,9H,1-2,5-8,14H2,(H,15,16). The molecular weight excluding hydrogens is 244 g/mol. The third kappa shape index (κ3) is 2.57. The van der Waals surface area contributed by atoms with Crippen molar-refractivity contribution in [1.29, 1.82) is 0 Å². The van der Waals surface area contributed by atoms with E-state index in [-0.39, 0.29) is 0 Å². The van der Waals surface area contributed by atoms with E-state index in [1.165, 1.54) is 25.9 Å². The smallest absolute Gasteiger partial charge is 0.183 e. The Hall–Kier alpha value is -1.33. The molecule has 0 atom stereocenters. The topological polar surface area (TPSA) is 54.2 Å². The maximum absolute atomic E-state index is 5.77. The van der Waals surface area contributed by atoms with Crippen LogP contribution in [0.15, 0.2) is 18.2 Å². The van der Waals surface area contributed by atoms with Gasteiger partial charge in [0.05, 0.1) is 10.2 Å². The first kappa shape index (κ1) is 11.7. The number of likely N-dealkylation sites (tertiary alicyclic amines) is 1. The molecule has 1 fully saturated rings. The van der Waals surface area contributed by atoms with Gasteiger partial charge in [-0.3, -0.25) is 0 Å². The van der Waals surface area contributed by atoms with E-state index >= 15 is 0 Å². The molecule has 4 nitrogen and oxygen atoms in total. The number of nitrogens with one attached hydrogen (secondary N) is 1.